The van der Waals surface area contributed by atoms with Crippen molar-refractivity contribution < 1.29 is 38.2 Å². The van der Waals surface area contributed by atoms with Crippen molar-refractivity contribution in [2.24, 2.45) is 0 Å². The molecule has 150 valence electrons. The van der Waals surface area contributed by atoms with Crippen LogP contribution in [0.25, 0.3) is 6.08 Å². The average molecular weight is 417 g/mol. The number of imide groups is 1. The average Bonchev–Trinajstić information content (AvgIpc) is 3.27. The maximum atomic E-state index is 12.6. The number of carboxylic acid groups (broad SMARTS) is 1. The number of hydrogen-bond donors (Lipinski definition) is 1. The van der Waals surface area contributed by atoms with Crippen LogP contribution in [0.1, 0.15) is 21.9 Å². The first-order valence-corrected chi connectivity index (χ1v) is 9.06. The second kappa shape index (κ2) is 8.65. The number of aliphatic carboxylic acids is 1. The van der Waals surface area contributed by atoms with E-state index >= 15 is 0 Å². The SMILES string of the molecule is COC(=O)c1ccc(CN2C(=O)SC(=Cc3ccc(OCC(=O)O)cc3)C2=O)o1. The number of carbonyl (C=O) groups is 4. The fraction of sp³-hybridized carbons (Fsp3) is 0.158. The van der Waals surface area contributed by atoms with E-state index in [9.17, 15) is 19.2 Å². The van der Waals surface area contributed by atoms with Gasteiger partial charge in [0.1, 0.15) is 11.5 Å². The molecule has 2 aromatic rings. The number of thioether (sulfide) groups is 1. The minimum Gasteiger partial charge on any atom is -0.482 e. The summed E-state index contributed by atoms with van der Waals surface area (Å²) in [6, 6.07) is 9.31. The summed E-state index contributed by atoms with van der Waals surface area (Å²) in [6.07, 6.45) is 1.55. The highest BCUT2D eigenvalue weighted by Crippen LogP contribution is 2.33. The number of ether oxygens (including phenoxy) is 2. The summed E-state index contributed by atoms with van der Waals surface area (Å²) in [4.78, 5) is 48.0. The lowest BCUT2D eigenvalue weighted by Gasteiger charge is -2.09. The van der Waals surface area contributed by atoms with Crippen LogP contribution in [0.3, 0.4) is 0 Å². The third-order valence-corrected chi connectivity index (χ3v) is 4.68. The molecule has 0 spiro atoms. The summed E-state index contributed by atoms with van der Waals surface area (Å²) in [5, 5.41) is 8.14. The van der Waals surface area contributed by atoms with Gasteiger partial charge in [-0.05, 0) is 47.7 Å². The first-order valence-electron chi connectivity index (χ1n) is 8.24. The number of rotatable bonds is 7. The van der Waals surface area contributed by atoms with Gasteiger partial charge in [0.2, 0.25) is 5.76 Å². The summed E-state index contributed by atoms with van der Waals surface area (Å²) in [5.41, 5.74) is 0.643. The van der Waals surface area contributed by atoms with Crippen LogP contribution in [-0.2, 0) is 20.9 Å². The van der Waals surface area contributed by atoms with Gasteiger partial charge in [0, 0.05) is 0 Å². The van der Waals surface area contributed by atoms with Crippen molar-refractivity contribution in [2.45, 2.75) is 6.54 Å². The Morgan fingerprint density at radius 3 is 2.55 bits per heavy atom. The molecule has 1 saturated heterocycles. The lowest BCUT2D eigenvalue weighted by atomic mass is 10.2. The van der Waals surface area contributed by atoms with Gasteiger partial charge in [-0.2, -0.15) is 0 Å². The molecule has 0 unspecified atom stereocenters. The number of furan rings is 1. The first-order chi connectivity index (χ1) is 13.9. The molecule has 0 bridgehead atoms. The van der Waals surface area contributed by atoms with E-state index in [2.05, 4.69) is 4.74 Å². The summed E-state index contributed by atoms with van der Waals surface area (Å²) in [6.45, 7) is -0.566. The molecule has 1 aliphatic heterocycles. The summed E-state index contributed by atoms with van der Waals surface area (Å²) in [5.74, 6) is -1.60. The summed E-state index contributed by atoms with van der Waals surface area (Å²) in [7, 11) is 1.22. The van der Waals surface area contributed by atoms with Gasteiger partial charge in [-0.25, -0.2) is 9.59 Å². The normalized spacial score (nSPS) is 15.1. The molecule has 1 N–H and O–H groups in total. The molecule has 9 nitrogen and oxygen atoms in total. The van der Waals surface area contributed by atoms with Gasteiger partial charge in [-0.3, -0.25) is 14.5 Å². The Hall–Kier alpha value is -3.53. The maximum Gasteiger partial charge on any atom is 0.373 e. The molecule has 1 aromatic carbocycles. The van der Waals surface area contributed by atoms with Gasteiger partial charge in [0.25, 0.3) is 11.1 Å². The molecule has 0 aliphatic carbocycles. The standard InChI is InChI=1S/C19H15NO8S/c1-26-18(24)14-7-6-13(28-14)9-20-17(23)15(29-19(20)25)8-11-2-4-12(5-3-11)27-10-16(21)22/h2-8H,9-10H2,1H3,(H,21,22). The summed E-state index contributed by atoms with van der Waals surface area (Å²) < 4.78 is 14.9. The van der Waals surface area contributed by atoms with Gasteiger partial charge >= 0.3 is 11.9 Å². The van der Waals surface area contributed by atoms with Crippen molar-refractivity contribution in [1.29, 1.82) is 0 Å². The smallest absolute Gasteiger partial charge is 0.373 e. The van der Waals surface area contributed by atoms with Crippen molar-refractivity contribution in [3.05, 3.63) is 58.4 Å². The Morgan fingerprint density at radius 1 is 1.17 bits per heavy atom. The first kappa shape index (κ1) is 20.2. The van der Waals surface area contributed by atoms with E-state index in [-0.39, 0.29) is 23.0 Å². The van der Waals surface area contributed by atoms with Crippen LogP contribution in [0.5, 0.6) is 5.75 Å². The molecule has 1 aromatic heterocycles. The Bertz CT molecular complexity index is 992. The van der Waals surface area contributed by atoms with Crippen LogP contribution in [0.2, 0.25) is 0 Å². The molecule has 2 heterocycles. The Labute approximate surface area is 168 Å². The van der Waals surface area contributed by atoms with Crippen LogP contribution < -0.4 is 4.74 Å². The number of carboxylic acids is 1. The second-order valence-corrected chi connectivity index (χ2v) is 6.77. The van der Waals surface area contributed by atoms with Crippen molar-refractivity contribution in [2.75, 3.05) is 13.7 Å². The number of benzene rings is 1. The highest BCUT2D eigenvalue weighted by molar-refractivity contribution is 8.18. The van der Waals surface area contributed by atoms with E-state index in [1.165, 1.54) is 19.2 Å². The van der Waals surface area contributed by atoms with E-state index in [1.807, 2.05) is 0 Å². The minimum absolute atomic E-state index is 0.0183. The third-order valence-electron chi connectivity index (χ3n) is 3.78. The molecule has 0 atom stereocenters. The number of nitrogens with zero attached hydrogens (tertiary/aromatic N) is 1. The molecule has 0 radical (unpaired) electrons. The molecular formula is C19H15NO8S. The molecule has 2 amide bonds. The zero-order valence-corrected chi connectivity index (χ0v) is 15.9. The second-order valence-electron chi connectivity index (χ2n) is 5.78. The monoisotopic (exact) mass is 417 g/mol. The third kappa shape index (κ3) is 4.85. The van der Waals surface area contributed by atoms with Gasteiger partial charge in [0.15, 0.2) is 6.61 Å². The molecule has 10 heteroatoms. The van der Waals surface area contributed by atoms with Crippen LogP contribution in [0.4, 0.5) is 4.79 Å². The molecule has 3 rings (SSSR count). The fourth-order valence-corrected chi connectivity index (χ4v) is 3.26. The van der Waals surface area contributed by atoms with E-state index in [0.717, 1.165) is 16.7 Å². The van der Waals surface area contributed by atoms with Crippen molar-refractivity contribution in [3.8, 4) is 5.75 Å². The van der Waals surface area contributed by atoms with Crippen molar-refractivity contribution >= 4 is 40.9 Å². The number of methoxy groups -OCH3 is 1. The zero-order chi connectivity index (χ0) is 21.0. The van der Waals surface area contributed by atoms with E-state index in [4.69, 9.17) is 14.3 Å². The van der Waals surface area contributed by atoms with E-state index in [1.54, 1.807) is 30.3 Å². The van der Waals surface area contributed by atoms with Crippen LogP contribution >= 0.6 is 11.8 Å². The Morgan fingerprint density at radius 2 is 1.90 bits per heavy atom. The highest BCUT2D eigenvalue weighted by Gasteiger charge is 2.35. The predicted octanol–water partition coefficient (Wildman–Crippen LogP) is 2.77. The van der Waals surface area contributed by atoms with Gasteiger partial charge in [-0.15, -0.1) is 0 Å². The highest BCUT2D eigenvalue weighted by atomic mass is 32.2. The predicted molar refractivity (Wildman–Crippen MR) is 101 cm³/mol. The lowest BCUT2D eigenvalue weighted by molar-refractivity contribution is -0.139. The fourth-order valence-electron chi connectivity index (χ4n) is 2.42. The number of amides is 2. The van der Waals surface area contributed by atoms with Crippen LogP contribution in [0, 0.1) is 0 Å². The number of hydrogen-bond acceptors (Lipinski definition) is 8. The molecule has 29 heavy (non-hydrogen) atoms. The van der Waals surface area contributed by atoms with Crippen molar-refractivity contribution in [1.82, 2.24) is 4.90 Å². The van der Waals surface area contributed by atoms with E-state index in [0.29, 0.717) is 11.3 Å². The van der Waals surface area contributed by atoms with Gasteiger partial charge < -0.3 is 19.0 Å². The number of carbonyl (C=O) groups excluding carboxylic acids is 3. The van der Waals surface area contributed by atoms with Gasteiger partial charge in [0.05, 0.1) is 18.6 Å². The van der Waals surface area contributed by atoms with Crippen LogP contribution in [0.15, 0.2) is 45.7 Å². The maximum absolute atomic E-state index is 12.6. The largest absolute Gasteiger partial charge is 0.482 e. The topological polar surface area (TPSA) is 123 Å². The molecular weight excluding hydrogens is 402 g/mol. The number of esters is 1. The quantitative estimate of drug-likeness (QED) is 0.535. The summed E-state index contributed by atoms with van der Waals surface area (Å²) >= 11 is 0.788. The molecule has 0 saturated carbocycles. The Kier molecular flexibility index (Phi) is 6.03. The minimum atomic E-state index is -1.09. The molecule has 1 aliphatic rings. The van der Waals surface area contributed by atoms with Crippen LogP contribution in [-0.4, -0.2) is 46.8 Å². The zero-order valence-electron chi connectivity index (χ0n) is 15.1. The van der Waals surface area contributed by atoms with Crippen molar-refractivity contribution in [3.63, 3.8) is 0 Å². The van der Waals surface area contributed by atoms with E-state index < -0.39 is 29.7 Å². The Balaban J connectivity index is 1.68. The molecule has 1 fully saturated rings. The van der Waals surface area contributed by atoms with Gasteiger partial charge in [-0.1, -0.05) is 12.1 Å². The lowest BCUT2D eigenvalue weighted by Crippen LogP contribution is -2.27.